The zero-order valence-electron chi connectivity index (χ0n) is 19.6. The molecule has 0 radical (unpaired) electrons. The highest BCUT2D eigenvalue weighted by Crippen LogP contribution is 2.35. The normalized spacial score (nSPS) is 11.7. The summed E-state index contributed by atoms with van der Waals surface area (Å²) in [5.41, 5.74) is 5.00. The molecule has 9 heteroatoms. The van der Waals surface area contributed by atoms with Crippen molar-refractivity contribution in [2.45, 2.75) is 0 Å². The summed E-state index contributed by atoms with van der Waals surface area (Å²) in [6, 6.07) is 9.53. The van der Waals surface area contributed by atoms with E-state index in [9.17, 15) is 4.79 Å². The third-order valence-electron chi connectivity index (χ3n) is 5.52. The molecule has 0 aliphatic carbocycles. The second-order valence-corrected chi connectivity index (χ2v) is 8.26. The van der Waals surface area contributed by atoms with Gasteiger partial charge in [0.2, 0.25) is 17.5 Å². The summed E-state index contributed by atoms with van der Waals surface area (Å²) in [6.07, 6.45) is 10.4. The summed E-state index contributed by atoms with van der Waals surface area (Å²) >= 11 is 0. The van der Waals surface area contributed by atoms with Crippen LogP contribution in [0.1, 0.15) is 0 Å². The number of amides is 1. The van der Waals surface area contributed by atoms with E-state index in [0.717, 1.165) is 38.7 Å². The van der Waals surface area contributed by atoms with Gasteiger partial charge in [-0.25, -0.2) is 9.97 Å². The average molecular weight is 469 g/mol. The van der Waals surface area contributed by atoms with Crippen LogP contribution in [0.15, 0.2) is 71.8 Å². The molecule has 176 valence electrons. The molecule has 0 aliphatic heterocycles. The zero-order valence-corrected chi connectivity index (χ0v) is 19.6. The van der Waals surface area contributed by atoms with Crippen molar-refractivity contribution in [2.24, 2.45) is 0 Å². The van der Waals surface area contributed by atoms with Crippen LogP contribution in [-0.4, -0.2) is 58.5 Å². The molecule has 1 amide bonds. The van der Waals surface area contributed by atoms with Gasteiger partial charge in [-0.2, -0.15) is 4.98 Å². The maximum absolute atomic E-state index is 12.3. The average Bonchev–Trinajstić information content (AvgIpc) is 3.50. The monoisotopic (exact) mass is 468 g/mol. The van der Waals surface area contributed by atoms with Crippen LogP contribution in [0, 0.1) is 0 Å². The van der Waals surface area contributed by atoms with Crippen molar-refractivity contribution in [1.82, 2.24) is 24.8 Å². The van der Waals surface area contributed by atoms with Gasteiger partial charge in [-0.05, 0) is 49.5 Å². The second-order valence-electron chi connectivity index (χ2n) is 8.26. The molecule has 0 saturated carbocycles. The minimum absolute atomic E-state index is 0.262. The highest BCUT2D eigenvalue weighted by molar-refractivity contribution is 6.03. The molecule has 0 bridgehead atoms. The molecule has 0 atom stereocenters. The predicted molar refractivity (Wildman–Crippen MR) is 135 cm³/mol. The summed E-state index contributed by atoms with van der Waals surface area (Å²) in [4.78, 5) is 30.8. The van der Waals surface area contributed by atoms with Gasteiger partial charge in [0.25, 0.3) is 0 Å². The minimum atomic E-state index is -0.262. The highest BCUT2D eigenvalue weighted by Gasteiger charge is 2.14. The smallest absolute Gasteiger partial charge is 0.249 e. The van der Waals surface area contributed by atoms with Gasteiger partial charge in [-0.15, -0.1) is 0 Å². The number of nitrogens with one attached hydrogen (secondary N) is 2. The maximum Gasteiger partial charge on any atom is 0.249 e. The lowest BCUT2D eigenvalue weighted by molar-refractivity contribution is -0.111. The predicted octanol–water partition coefficient (Wildman–Crippen LogP) is 4.50. The third-order valence-corrected chi connectivity index (χ3v) is 5.52. The number of carbonyl (C=O) groups is 1. The first-order valence-electron chi connectivity index (χ1n) is 11.0. The topological polar surface area (TPSA) is 109 Å². The lowest BCUT2D eigenvalue weighted by Gasteiger charge is -2.09. The van der Waals surface area contributed by atoms with E-state index in [1.807, 2.05) is 43.4 Å². The number of ether oxygens (including phenoxy) is 1. The van der Waals surface area contributed by atoms with Crippen LogP contribution in [0.3, 0.4) is 0 Å². The number of aromatic nitrogens is 4. The number of likely N-dealkylation sites (N-methyl/N-ethyl adjacent to an activating group) is 1. The number of nitrogens with zero attached hydrogens (tertiary/aromatic N) is 4. The number of hydrogen-bond donors (Lipinski definition) is 2. The Bertz CT molecular complexity index is 1550. The Morgan fingerprint density at radius 2 is 2.03 bits per heavy atom. The Kier molecular flexibility index (Phi) is 5.99. The van der Waals surface area contributed by atoms with E-state index in [4.69, 9.17) is 9.15 Å². The SMILES string of the molecule is COc1cc(-c2cnc3[nH]cc(-c4ccnc5occc45)c3c2)cc(NC(=O)C=CCN(C)C)n1. The van der Waals surface area contributed by atoms with E-state index in [-0.39, 0.29) is 5.91 Å². The van der Waals surface area contributed by atoms with E-state index < -0.39 is 0 Å². The van der Waals surface area contributed by atoms with Crippen LogP contribution in [0.4, 0.5) is 5.82 Å². The molecule has 0 spiro atoms. The fourth-order valence-corrected chi connectivity index (χ4v) is 3.87. The van der Waals surface area contributed by atoms with Crippen molar-refractivity contribution in [1.29, 1.82) is 0 Å². The standard InChI is InChI=1S/C26H24N6O3/c1-32(2)9-4-5-23(33)30-22-12-16(13-24(31-22)34-3)17-11-20-21(15-29-25(20)28-14-17)18-6-8-27-26-19(18)7-10-35-26/h4-8,10-15H,9H2,1-3H3,(H,28,29)(H,30,31,33). The van der Waals surface area contributed by atoms with Crippen LogP contribution < -0.4 is 10.1 Å². The van der Waals surface area contributed by atoms with Crippen molar-refractivity contribution in [2.75, 3.05) is 33.1 Å². The van der Waals surface area contributed by atoms with E-state index in [1.54, 1.807) is 37.9 Å². The van der Waals surface area contributed by atoms with Crippen molar-refractivity contribution in [3.8, 4) is 28.1 Å². The quantitative estimate of drug-likeness (QED) is 0.339. The van der Waals surface area contributed by atoms with Gasteiger partial charge in [0.05, 0.1) is 13.4 Å². The molecular formula is C26H24N6O3. The Morgan fingerprint density at radius 3 is 2.86 bits per heavy atom. The number of methoxy groups -OCH3 is 1. The van der Waals surface area contributed by atoms with E-state index in [2.05, 4.69) is 31.3 Å². The van der Waals surface area contributed by atoms with Gasteiger partial charge in [0.15, 0.2) is 0 Å². The molecule has 5 rings (SSSR count). The summed E-state index contributed by atoms with van der Waals surface area (Å²) < 4.78 is 10.9. The number of H-pyrrole nitrogens is 1. The Balaban J connectivity index is 1.52. The number of furan rings is 1. The lowest BCUT2D eigenvalue weighted by atomic mass is 10.0. The summed E-state index contributed by atoms with van der Waals surface area (Å²) in [5.74, 6) is 0.517. The Hall–Kier alpha value is -4.50. The van der Waals surface area contributed by atoms with Gasteiger partial charge in [-0.3, -0.25) is 4.79 Å². The molecule has 0 aliphatic rings. The largest absolute Gasteiger partial charge is 0.481 e. The zero-order chi connectivity index (χ0) is 24.4. The van der Waals surface area contributed by atoms with Gasteiger partial charge >= 0.3 is 0 Å². The van der Waals surface area contributed by atoms with E-state index >= 15 is 0 Å². The number of fused-ring (bicyclic) bond motifs is 2. The first-order valence-corrected chi connectivity index (χ1v) is 11.0. The third kappa shape index (κ3) is 4.62. The number of aromatic amines is 1. The fraction of sp³-hybridized carbons (Fsp3) is 0.154. The van der Waals surface area contributed by atoms with Crippen molar-refractivity contribution >= 4 is 33.9 Å². The summed E-state index contributed by atoms with van der Waals surface area (Å²) in [5, 5.41) is 4.68. The number of hydrogen-bond acceptors (Lipinski definition) is 7. The van der Waals surface area contributed by atoms with Gasteiger partial charge < -0.3 is 24.4 Å². The first-order chi connectivity index (χ1) is 17.0. The summed E-state index contributed by atoms with van der Waals surface area (Å²) in [7, 11) is 5.41. The Morgan fingerprint density at radius 1 is 1.14 bits per heavy atom. The molecule has 0 saturated heterocycles. The molecule has 9 nitrogen and oxygen atoms in total. The molecule has 5 heterocycles. The highest BCUT2D eigenvalue weighted by atomic mass is 16.5. The maximum atomic E-state index is 12.3. The van der Waals surface area contributed by atoms with Crippen molar-refractivity contribution in [3.63, 3.8) is 0 Å². The second kappa shape index (κ2) is 9.40. The molecule has 5 aromatic rings. The van der Waals surface area contributed by atoms with Gasteiger partial charge in [0.1, 0.15) is 11.5 Å². The van der Waals surface area contributed by atoms with Crippen LogP contribution in [0.5, 0.6) is 5.88 Å². The first kappa shape index (κ1) is 22.3. The fourth-order valence-electron chi connectivity index (χ4n) is 3.87. The number of rotatable bonds is 7. The Labute approximate surface area is 201 Å². The number of anilines is 1. The van der Waals surface area contributed by atoms with Gasteiger partial charge in [-0.1, -0.05) is 6.08 Å². The summed E-state index contributed by atoms with van der Waals surface area (Å²) in [6.45, 7) is 0.664. The van der Waals surface area contributed by atoms with E-state index in [0.29, 0.717) is 24.0 Å². The van der Waals surface area contributed by atoms with Crippen molar-refractivity contribution in [3.05, 3.63) is 67.3 Å². The van der Waals surface area contributed by atoms with Crippen molar-refractivity contribution < 1.29 is 13.9 Å². The molecule has 35 heavy (non-hydrogen) atoms. The van der Waals surface area contributed by atoms with Crippen LogP contribution in [0.2, 0.25) is 0 Å². The lowest BCUT2D eigenvalue weighted by Crippen LogP contribution is -2.13. The molecule has 2 N–H and O–H groups in total. The van der Waals surface area contributed by atoms with Crippen LogP contribution in [0.25, 0.3) is 44.4 Å². The molecule has 0 aromatic carbocycles. The van der Waals surface area contributed by atoms with Crippen LogP contribution in [-0.2, 0) is 4.79 Å². The van der Waals surface area contributed by atoms with E-state index in [1.165, 1.54) is 6.08 Å². The molecular weight excluding hydrogens is 444 g/mol. The molecule has 0 unspecified atom stereocenters. The minimum Gasteiger partial charge on any atom is -0.481 e. The van der Waals surface area contributed by atoms with Gasteiger partial charge in [0, 0.05) is 59.2 Å². The molecule has 5 aromatic heterocycles. The number of carbonyl (C=O) groups excluding carboxylic acids is 1. The number of pyridine rings is 3. The molecule has 0 fully saturated rings. The van der Waals surface area contributed by atoms with Crippen LogP contribution >= 0.6 is 0 Å².